The number of carbonyl (C=O) groups is 1. The zero-order valence-corrected chi connectivity index (χ0v) is 9.32. The molecule has 0 aliphatic rings. The van der Waals surface area contributed by atoms with Gasteiger partial charge in [0, 0.05) is 10.0 Å². The molecule has 0 aromatic heterocycles. The van der Waals surface area contributed by atoms with Crippen LogP contribution in [-0.4, -0.2) is 16.8 Å². The molecule has 4 heteroatoms. The number of carbonyl (C=O) groups excluding carboxylic acids is 1. The highest BCUT2D eigenvalue weighted by Gasteiger charge is 2.12. The molecule has 0 saturated heterocycles. The van der Waals surface area contributed by atoms with Crippen LogP contribution < -0.4 is 0 Å². The van der Waals surface area contributed by atoms with Crippen LogP contribution in [0, 0.1) is 6.92 Å². The van der Waals surface area contributed by atoms with Crippen molar-refractivity contribution in [1.29, 1.82) is 0 Å². The van der Waals surface area contributed by atoms with E-state index < -0.39 is 0 Å². The topological polar surface area (TPSA) is 37.3 Å². The number of phenolic OH excluding ortho intramolecular Hbond substituents is 1. The van der Waals surface area contributed by atoms with Gasteiger partial charge in [0.25, 0.3) is 0 Å². The first-order chi connectivity index (χ1) is 6.07. The van der Waals surface area contributed by atoms with Crippen molar-refractivity contribution < 1.29 is 9.90 Å². The van der Waals surface area contributed by atoms with Crippen molar-refractivity contribution in [2.24, 2.45) is 0 Å². The van der Waals surface area contributed by atoms with Crippen LogP contribution in [0.5, 0.6) is 5.75 Å². The average molecular weight is 264 g/mol. The monoisotopic (exact) mass is 262 g/mol. The lowest BCUT2D eigenvalue weighted by Gasteiger charge is -2.05. The third kappa shape index (κ3) is 2.03. The first-order valence-corrected chi connectivity index (χ1v) is 4.98. The van der Waals surface area contributed by atoms with E-state index in [0.717, 1.165) is 4.47 Å². The number of phenols is 1. The van der Waals surface area contributed by atoms with E-state index in [-0.39, 0.29) is 23.0 Å². The third-order valence-electron chi connectivity index (χ3n) is 1.79. The number of ketones is 1. The molecule has 0 atom stereocenters. The third-order valence-corrected chi connectivity index (χ3v) is 2.89. The van der Waals surface area contributed by atoms with Gasteiger partial charge in [0.1, 0.15) is 5.75 Å². The second kappa shape index (κ2) is 4.11. The van der Waals surface area contributed by atoms with Crippen LogP contribution >= 0.6 is 27.5 Å². The van der Waals surface area contributed by atoms with Crippen LogP contribution in [0.25, 0.3) is 0 Å². The summed E-state index contributed by atoms with van der Waals surface area (Å²) in [5.41, 5.74) is 0.923. The second-order valence-corrected chi connectivity index (χ2v) is 3.75. The molecule has 0 radical (unpaired) electrons. The van der Waals surface area contributed by atoms with Gasteiger partial charge in [0.2, 0.25) is 0 Å². The van der Waals surface area contributed by atoms with Gasteiger partial charge >= 0.3 is 0 Å². The summed E-state index contributed by atoms with van der Waals surface area (Å²) in [6, 6.07) is 3.27. The molecule has 0 spiro atoms. The number of aromatic hydroxyl groups is 1. The Hall–Kier alpha value is -0.540. The Balaban J connectivity index is 3.26. The van der Waals surface area contributed by atoms with Crippen LogP contribution in [0.15, 0.2) is 16.6 Å². The highest BCUT2D eigenvalue weighted by atomic mass is 79.9. The van der Waals surface area contributed by atoms with E-state index in [4.69, 9.17) is 11.6 Å². The maximum atomic E-state index is 11.2. The average Bonchev–Trinajstić information content (AvgIpc) is 2.13. The van der Waals surface area contributed by atoms with E-state index in [1.165, 1.54) is 0 Å². The first kappa shape index (κ1) is 10.5. The van der Waals surface area contributed by atoms with Gasteiger partial charge in [-0.25, -0.2) is 0 Å². The Morgan fingerprint density at radius 2 is 2.23 bits per heavy atom. The molecule has 1 aromatic rings. The molecule has 0 saturated carbocycles. The fraction of sp³-hybridized carbons (Fsp3) is 0.222. The maximum Gasteiger partial charge on any atom is 0.181 e. The van der Waals surface area contributed by atoms with Gasteiger partial charge < -0.3 is 5.11 Å². The molecule has 1 aromatic carbocycles. The molecule has 2 nitrogen and oxygen atoms in total. The summed E-state index contributed by atoms with van der Waals surface area (Å²) in [6.45, 7) is 1.73. The Bertz CT molecular complexity index is 350. The van der Waals surface area contributed by atoms with Crippen LogP contribution in [0.2, 0.25) is 0 Å². The van der Waals surface area contributed by atoms with Crippen molar-refractivity contribution in [2.75, 3.05) is 5.88 Å². The highest BCUT2D eigenvalue weighted by molar-refractivity contribution is 9.10. The van der Waals surface area contributed by atoms with Crippen molar-refractivity contribution in [2.45, 2.75) is 6.92 Å². The molecule has 1 rings (SSSR count). The summed E-state index contributed by atoms with van der Waals surface area (Å²) < 4.78 is 0.774. The predicted octanol–water partition coefficient (Wildman–Crippen LogP) is 2.88. The van der Waals surface area contributed by atoms with Crippen molar-refractivity contribution in [1.82, 2.24) is 0 Å². The van der Waals surface area contributed by atoms with E-state index in [1.807, 2.05) is 0 Å². The molecule has 0 amide bonds. The molecular weight excluding hydrogens is 255 g/mol. The van der Waals surface area contributed by atoms with Crippen LogP contribution in [-0.2, 0) is 0 Å². The van der Waals surface area contributed by atoms with Gasteiger partial charge in [-0.1, -0.05) is 15.9 Å². The van der Waals surface area contributed by atoms with Gasteiger partial charge in [0.05, 0.1) is 11.4 Å². The lowest BCUT2D eigenvalue weighted by molar-refractivity contribution is 0.101. The van der Waals surface area contributed by atoms with E-state index in [9.17, 15) is 9.90 Å². The van der Waals surface area contributed by atoms with Crippen LogP contribution in [0.4, 0.5) is 0 Å². The van der Waals surface area contributed by atoms with Crippen molar-refractivity contribution in [3.63, 3.8) is 0 Å². The molecule has 13 heavy (non-hydrogen) atoms. The zero-order valence-electron chi connectivity index (χ0n) is 6.97. The molecule has 0 aliphatic carbocycles. The van der Waals surface area contributed by atoms with E-state index in [0.29, 0.717) is 5.56 Å². The van der Waals surface area contributed by atoms with Gasteiger partial charge in [0.15, 0.2) is 5.78 Å². The summed E-state index contributed by atoms with van der Waals surface area (Å²) >= 11 is 8.63. The quantitative estimate of drug-likeness (QED) is 0.658. The first-order valence-electron chi connectivity index (χ1n) is 3.65. The molecule has 1 N–H and O–H groups in total. The lowest BCUT2D eigenvalue weighted by Crippen LogP contribution is -2.01. The molecule has 0 unspecified atom stereocenters. The minimum atomic E-state index is -0.269. The van der Waals surface area contributed by atoms with Gasteiger partial charge in [-0.2, -0.15) is 0 Å². The van der Waals surface area contributed by atoms with Crippen LogP contribution in [0.1, 0.15) is 15.9 Å². The van der Waals surface area contributed by atoms with Gasteiger partial charge in [-0.15, -0.1) is 11.6 Å². The summed E-state index contributed by atoms with van der Waals surface area (Å²) in [4.78, 5) is 11.2. The summed E-state index contributed by atoms with van der Waals surface area (Å²) in [5.74, 6) is -0.385. The normalized spacial score (nSPS) is 10.1. The summed E-state index contributed by atoms with van der Waals surface area (Å²) in [6.07, 6.45) is 0. The number of benzene rings is 1. The maximum absolute atomic E-state index is 11.2. The number of hydrogen-bond acceptors (Lipinski definition) is 2. The molecular formula is C9H8BrClO2. The smallest absolute Gasteiger partial charge is 0.181 e. The Morgan fingerprint density at radius 3 is 2.77 bits per heavy atom. The van der Waals surface area contributed by atoms with Crippen LogP contribution in [0.3, 0.4) is 0 Å². The van der Waals surface area contributed by atoms with Gasteiger partial charge in [-0.3, -0.25) is 4.79 Å². The number of halogens is 2. The fourth-order valence-electron chi connectivity index (χ4n) is 0.973. The highest BCUT2D eigenvalue weighted by Crippen LogP contribution is 2.29. The van der Waals surface area contributed by atoms with Crippen molar-refractivity contribution >= 4 is 33.3 Å². The van der Waals surface area contributed by atoms with Crippen molar-refractivity contribution in [3.05, 3.63) is 27.7 Å². The number of alkyl halides is 1. The van der Waals surface area contributed by atoms with Crippen molar-refractivity contribution in [3.8, 4) is 5.75 Å². The fourth-order valence-corrected chi connectivity index (χ4v) is 1.44. The molecule has 0 heterocycles. The largest absolute Gasteiger partial charge is 0.507 e. The zero-order chi connectivity index (χ0) is 10.0. The number of Topliss-reactive ketones (excluding diaryl/α,β-unsaturated/α-hetero) is 1. The Morgan fingerprint density at radius 1 is 1.62 bits per heavy atom. The van der Waals surface area contributed by atoms with E-state index in [2.05, 4.69) is 15.9 Å². The standard InChI is InChI=1S/C9H8BrClO2/c1-5-7(10)3-2-6(9(5)13)8(12)4-11/h2-3,13H,4H2,1H3. The Labute approximate surface area is 89.7 Å². The second-order valence-electron chi connectivity index (χ2n) is 2.63. The predicted molar refractivity (Wildman–Crippen MR) is 55.6 cm³/mol. The molecule has 0 aliphatic heterocycles. The molecule has 0 bridgehead atoms. The Kier molecular flexibility index (Phi) is 3.33. The lowest BCUT2D eigenvalue weighted by atomic mass is 10.1. The van der Waals surface area contributed by atoms with E-state index >= 15 is 0 Å². The number of hydrogen-bond donors (Lipinski definition) is 1. The molecule has 0 fully saturated rings. The van der Waals surface area contributed by atoms with Gasteiger partial charge in [-0.05, 0) is 19.1 Å². The minimum absolute atomic E-state index is 0.0000231. The number of rotatable bonds is 2. The summed E-state index contributed by atoms with van der Waals surface area (Å²) in [7, 11) is 0. The SMILES string of the molecule is Cc1c(Br)ccc(C(=O)CCl)c1O. The minimum Gasteiger partial charge on any atom is -0.507 e. The van der Waals surface area contributed by atoms with E-state index in [1.54, 1.807) is 19.1 Å². The molecule has 70 valence electrons. The summed E-state index contributed by atoms with van der Waals surface area (Å²) in [5, 5.41) is 9.57.